The normalized spacial score (nSPS) is 10.7. The van der Waals surface area contributed by atoms with E-state index in [9.17, 15) is 0 Å². The molecule has 3 aromatic carbocycles. The number of hydrogen-bond acceptors (Lipinski definition) is 0. The summed E-state index contributed by atoms with van der Waals surface area (Å²) in [6, 6.07) is 32.2. The van der Waals surface area contributed by atoms with Gasteiger partial charge in [0.2, 0.25) is 0 Å². The summed E-state index contributed by atoms with van der Waals surface area (Å²) in [5, 5.41) is 0. The Morgan fingerprint density at radius 3 is 1.88 bits per heavy atom. The molecular weight excluding hydrogens is 290 g/mol. The lowest BCUT2D eigenvalue weighted by Crippen LogP contribution is -1.95. The fourth-order valence-electron chi connectivity index (χ4n) is 3.01. The standard InChI is InChI=1S/C23H19N/c1-18-9-15-22(16-10-18)24-17-5-8-23(24)21-13-11-20(12-14-21)19-6-3-2-4-7-19/h2-17H,1H3. The van der Waals surface area contributed by atoms with Crippen LogP contribution in [0.4, 0.5) is 0 Å². The Morgan fingerprint density at radius 2 is 1.17 bits per heavy atom. The first-order valence-electron chi connectivity index (χ1n) is 8.21. The number of rotatable bonds is 3. The highest BCUT2D eigenvalue weighted by Crippen LogP contribution is 2.27. The first kappa shape index (κ1) is 14.5. The van der Waals surface area contributed by atoms with Crippen LogP contribution in [0.25, 0.3) is 28.1 Å². The van der Waals surface area contributed by atoms with E-state index in [4.69, 9.17) is 0 Å². The molecule has 4 aromatic rings. The molecule has 116 valence electrons. The van der Waals surface area contributed by atoms with Gasteiger partial charge in [-0.25, -0.2) is 0 Å². The van der Waals surface area contributed by atoms with E-state index in [0.29, 0.717) is 0 Å². The molecule has 1 heteroatoms. The van der Waals surface area contributed by atoms with Crippen LogP contribution < -0.4 is 0 Å². The van der Waals surface area contributed by atoms with Crippen LogP contribution in [0.1, 0.15) is 5.56 Å². The van der Waals surface area contributed by atoms with E-state index in [1.54, 1.807) is 0 Å². The lowest BCUT2D eigenvalue weighted by atomic mass is 10.0. The Bertz CT molecular complexity index is 930. The third kappa shape index (κ3) is 2.77. The highest BCUT2D eigenvalue weighted by molar-refractivity contribution is 5.70. The van der Waals surface area contributed by atoms with E-state index in [0.717, 1.165) is 0 Å². The van der Waals surface area contributed by atoms with Gasteiger partial charge in [0.1, 0.15) is 0 Å². The van der Waals surface area contributed by atoms with Gasteiger partial charge in [0.05, 0.1) is 5.69 Å². The summed E-state index contributed by atoms with van der Waals surface area (Å²) in [6.07, 6.45) is 2.12. The lowest BCUT2D eigenvalue weighted by molar-refractivity contribution is 1.09. The van der Waals surface area contributed by atoms with Crippen molar-refractivity contribution in [2.24, 2.45) is 0 Å². The van der Waals surface area contributed by atoms with Crippen molar-refractivity contribution in [1.82, 2.24) is 4.57 Å². The molecule has 0 atom stereocenters. The summed E-state index contributed by atoms with van der Waals surface area (Å²) < 4.78 is 2.23. The Kier molecular flexibility index (Phi) is 3.76. The maximum absolute atomic E-state index is 2.23. The second-order valence-corrected chi connectivity index (χ2v) is 6.04. The van der Waals surface area contributed by atoms with Crippen LogP contribution in [-0.2, 0) is 0 Å². The second-order valence-electron chi connectivity index (χ2n) is 6.04. The molecule has 0 N–H and O–H groups in total. The summed E-state index contributed by atoms with van der Waals surface area (Å²) in [5.74, 6) is 0. The molecule has 0 aliphatic heterocycles. The smallest absolute Gasteiger partial charge is 0.0528 e. The zero-order chi connectivity index (χ0) is 16.4. The van der Waals surface area contributed by atoms with Gasteiger partial charge in [-0.05, 0) is 47.9 Å². The third-order valence-electron chi connectivity index (χ3n) is 4.35. The van der Waals surface area contributed by atoms with Crippen molar-refractivity contribution in [3.8, 4) is 28.1 Å². The number of nitrogens with zero attached hydrogens (tertiary/aromatic N) is 1. The molecule has 0 unspecified atom stereocenters. The van der Waals surface area contributed by atoms with Crippen molar-refractivity contribution in [2.45, 2.75) is 6.92 Å². The van der Waals surface area contributed by atoms with Crippen LogP contribution in [0, 0.1) is 6.92 Å². The molecule has 0 saturated heterocycles. The minimum Gasteiger partial charge on any atom is -0.317 e. The molecule has 0 radical (unpaired) electrons. The maximum atomic E-state index is 2.23. The molecular formula is C23H19N. The quantitative estimate of drug-likeness (QED) is 0.429. The molecule has 4 rings (SSSR count). The summed E-state index contributed by atoms with van der Waals surface area (Å²) in [4.78, 5) is 0. The van der Waals surface area contributed by atoms with E-state index in [1.807, 2.05) is 6.07 Å². The van der Waals surface area contributed by atoms with E-state index in [2.05, 4.69) is 103 Å². The summed E-state index contributed by atoms with van der Waals surface area (Å²) >= 11 is 0. The van der Waals surface area contributed by atoms with Crippen molar-refractivity contribution in [1.29, 1.82) is 0 Å². The lowest BCUT2D eigenvalue weighted by Gasteiger charge is -2.11. The van der Waals surface area contributed by atoms with Crippen LogP contribution >= 0.6 is 0 Å². The van der Waals surface area contributed by atoms with Gasteiger partial charge in [0.25, 0.3) is 0 Å². The minimum atomic E-state index is 1.19. The Morgan fingerprint density at radius 1 is 0.542 bits per heavy atom. The van der Waals surface area contributed by atoms with Crippen LogP contribution in [0.3, 0.4) is 0 Å². The Balaban J connectivity index is 1.70. The Labute approximate surface area is 142 Å². The predicted octanol–water partition coefficient (Wildman–Crippen LogP) is 6.12. The first-order valence-corrected chi connectivity index (χ1v) is 8.21. The average Bonchev–Trinajstić information content (AvgIpc) is 3.13. The molecule has 1 heterocycles. The number of aryl methyl sites for hydroxylation is 1. The Hall–Kier alpha value is -3.06. The van der Waals surface area contributed by atoms with Crippen molar-refractivity contribution in [3.05, 3.63) is 103 Å². The second kappa shape index (κ2) is 6.21. The van der Waals surface area contributed by atoms with E-state index in [-0.39, 0.29) is 0 Å². The highest BCUT2D eigenvalue weighted by Gasteiger charge is 2.06. The predicted molar refractivity (Wildman–Crippen MR) is 101 cm³/mol. The van der Waals surface area contributed by atoms with Gasteiger partial charge in [0, 0.05) is 11.9 Å². The van der Waals surface area contributed by atoms with Gasteiger partial charge in [0.15, 0.2) is 0 Å². The number of hydrogen-bond donors (Lipinski definition) is 0. The first-order chi connectivity index (χ1) is 11.8. The van der Waals surface area contributed by atoms with Crippen molar-refractivity contribution >= 4 is 0 Å². The molecule has 1 nitrogen and oxygen atoms in total. The highest BCUT2D eigenvalue weighted by atomic mass is 15.0. The monoisotopic (exact) mass is 309 g/mol. The molecule has 0 saturated carbocycles. The fourth-order valence-corrected chi connectivity index (χ4v) is 3.01. The van der Waals surface area contributed by atoms with Crippen molar-refractivity contribution in [2.75, 3.05) is 0 Å². The van der Waals surface area contributed by atoms with Crippen LogP contribution in [0.5, 0.6) is 0 Å². The molecule has 1 aromatic heterocycles. The summed E-state index contributed by atoms with van der Waals surface area (Å²) in [5.41, 5.74) is 7.39. The molecule has 0 aliphatic rings. The SMILES string of the molecule is Cc1ccc(-n2cccc2-c2ccc(-c3ccccc3)cc2)cc1. The van der Waals surface area contributed by atoms with Crippen LogP contribution in [-0.4, -0.2) is 4.57 Å². The van der Waals surface area contributed by atoms with Gasteiger partial charge in [-0.3, -0.25) is 0 Å². The number of aromatic nitrogens is 1. The molecule has 24 heavy (non-hydrogen) atoms. The van der Waals surface area contributed by atoms with Gasteiger partial charge >= 0.3 is 0 Å². The molecule has 0 fully saturated rings. The van der Waals surface area contributed by atoms with E-state index < -0.39 is 0 Å². The minimum absolute atomic E-state index is 1.19. The van der Waals surface area contributed by atoms with Crippen LogP contribution in [0.2, 0.25) is 0 Å². The fraction of sp³-hybridized carbons (Fsp3) is 0.0435. The topological polar surface area (TPSA) is 4.93 Å². The average molecular weight is 309 g/mol. The van der Waals surface area contributed by atoms with Gasteiger partial charge < -0.3 is 4.57 Å². The van der Waals surface area contributed by atoms with Crippen molar-refractivity contribution < 1.29 is 0 Å². The summed E-state index contributed by atoms with van der Waals surface area (Å²) in [6.45, 7) is 2.11. The molecule has 0 bridgehead atoms. The number of benzene rings is 3. The molecule has 0 aliphatic carbocycles. The van der Waals surface area contributed by atoms with Gasteiger partial charge in [-0.2, -0.15) is 0 Å². The van der Waals surface area contributed by atoms with Gasteiger partial charge in [-0.1, -0.05) is 72.3 Å². The van der Waals surface area contributed by atoms with Gasteiger partial charge in [-0.15, -0.1) is 0 Å². The van der Waals surface area contributed by atoms with Crippen molar-refractivity contribution in [3.63, 3.8) is 0 Å². The zero-order valence-corrected chi connectivity index (χ0v) is 13.7. The summed E-state index contributed by atoms with van der Waals surface area (Å²) in [7, 11) is 0. The van der Waals surface area contributed by atoms with E-state index >= 15 is 0 Å². The van der Waals surface area contributed by atoms with E-state index in [1.165, 1.54) is 33.6 Å². The zero-order valence-electron chi connectivity index (χ0n) is 13.7. The van der Waals surface area contributed by atoms with Crippen LogP contribution in [0.15, 0.2) is 97.2 Å². The third-order valence-corrected chi connectivity index (χ3v) is 4.35. The molecule has 0 amide bonds. The molecule has 0 spiro atoms. The largest absolute Gasteiger partial charge is 0.317 e. The maximum Gasteiger partial charge on any atom is 0.0528 e.